The largest absolute Gasteiger partial charge is 0.365 e. The Balaban J connectivity index is 1.47. The van der Waals surface area contributed by atoms with Crippen molar-refractivity contribution in [2.75, 3.05) is 11.9 Å². The van der Waals surface area contributed by atoms with E-state index in [0.717, 1.165) is 40.7 Å². The normalized spacial score (nSPS) is 14.6. The van der Waals surface area contributed by atoms with Gasteiger partial charge in [0.05, 0.1) is 16.1 Å². The van der Waals surface area contributed by atoms with Gasteiger partial charge in [-0.3, -0.25) is 34.2 Å². The van der Waals surface area contributed by atoms with Crippen molar-refractivity contribution in [1.82, 2.24) is 4.90 Å². The summed E-state index contributed by atoms with van der Waals surface area (Å²) >= 11 is 1.30. The van der Waals surface area contributed by atoms with E-state index in [1.165, 1.54) is 23.5 Å². The predicted molar refractivity (Wildman–Crippen MR) is 107 cm³/mol. The molecule has 0 atom stereocenters. The second kappa shape index (κ2) is 7.34. The van der Waals surface area contributed by atoms with Crippen LogP contribution in [0.4, 0.5) is 10.7 Å². The number of nitro groups is 1. The molecule has 2 heterocycles. The number of imide groups is 1. The highest BCUT2D eigenvalue weighted by Gasteiger charge is 2.40. The van der Waals surface area contributed by atoms with E-state index in [4.69, 9.17) is 5.73 Å². The summed E-state index contributed by atoms with van der Waals surface area (Å²) in [7, 11) is 0. The number of anilines is 1. The summed E-state index contributed by atoms with van der Waals surface area (Å²) in [6.45, 7) is -0.244. The monoisotopic (exact) mass is 428 g/mol. The summed E-state index contributed by atoms with van der Waals surface area (Å²) in [4.78, 5) is 61.5. The van der Waals surface area contributed by atoms with Crippen LogP contribution >= 0.6 is 11.3 Å². The second-order valence-corrected chi connectivity index (χ2v) is 8.05. The topological polar surface area (TPSA) is 153 Å². The minimum Gasteiger partial charge on any atom is -0.365 e. The van der Waals surface area contributed by atoms with Gasteiger partial charge in [0.25, 0.3) is 23.4 Å². The molecule has 1 aliphatic heterocycles. The van der Waals surface area contributed by atoms with E-state index in [0.29, 0.717) is 10.6 Å². The Kier molecular flexibility index (Phi) is 4.82. The third-order valence-corrected chi connectivity index (χ3v) is 6.36. The molecule has 11 heteroatoms. The lowest BCUT2D eigenvalue weighted by Crippen LogP contribution is -2.33. The number of fused-ring (bicyclic) bond motifs is 2. The number of nitrogens with two attached hydrogens (primary N) is 1. The highest BCUT2D eigenvalue weighted by Crippen LogP contribution is 2.39. The van der Waals surface area contributed by atoms with Gasteiger partial charge in [-0.05, 0) is 30.9 Å². The molecule has 4 rings (SSSR count). The van der Waals surface area contributed by atoms with Gasteiger partial charge in [0.15, 0.2) is 0 Å². The third-order valence-electron chi connectivity index (χ3n) is 5.16. The molecule has 154 valence electrons. The van der Waals surface area contributed by atoms with Crippen molar-refractivity contribution in [2.24, 2.45) is 5.73 Å². The average Bonchev–Trinajstić information content (AvgIpc) is 3.33. The zero-order valence-corrected chi connectivity index (χ0v) is 16.4. The van der Waals surface area contributed by atoms with Gasteiger partial charge in [-0.2, -0.15) is 0 Å². The lowest BCUT2D eigenvalue weighted by molar-refractivity contribution is -0.385. The molecule has 1 aromatic heterocycles. The zero-order valence-electron chi connectivity index (χ0n) is 15.6. The SMILES string of the molecule is NC(=O)c1c(NC(=O)CCN2C(=O)c3cccc([N+](=O)[O-])c3C2=O)sc2c1CCC2. The van der Waals surface area contributed by atoms with Gasteiger partial charge in [0.1, 0.15) is 10.6 Å². The maximum absolute atomic E-state index is 12.6. The molecule has 0 unspecified atom stereocenters. The van der Waals surface area contributed by atoms with E-state index in [1.807, 2.05) is 0 Å². The summed E-state index contributed by atoms with van der Waals surface area (Å²) in [5.74, 6) is -2.59. The van der Waals surface area contributed by atoms with Crippen molar-refractivity contribution in [1.29, 1.82) is 0 Å². The van der Waals surface area contributed by atoms with Crippen LogP contribution in [0.25, 0.3) is 0 Å². The minimum absolute atomic E-state index is 0.0553. The Labute approximate surface area is 173 Å². The number of nitro benzene ring substituents is 1. The van der Waals surface area contributed by atoms with Gasteiger partial charge in [0.2, 0.25) is 5.91 Å². The van der Waals surface area contributed by atoms with Crippen molar-refractivity contribution < 1.29 is 24.1 Å². The summed E-state index contributed by atoms with van der Waals surface area (Å²) in [6, 6.07) is 3.83. The van der Waals surface area contributed by atoms with Crippen LogP contribution in [0.3, 0.4) is 0 Å². The van der Waals surface area contributed by atoms with Crippen molar-refractivity contribution in [2.45, 2.75) is 25.7 Å². The molecule has 10 nitrogen and oxygen atoms in total. The van der Waals surface area contributed by atoms with Crippen molar-refractivity contribution in [3.63, 3.8) is 0 Å². The Bertz CT molecular complexity index is 1140. The number of hydrogen-bond donors (Lipinski definition) is 2. The Morgan fingerprint density at radius 3 is 2.70 bits per heavy atom. The molecule has 0 saturated carbocycles. The van der Waals surface area contributed by atoms with Crippen LogP contribution in [0.15, 0.2) is 18.2 Å². The van der Waals surface area contributed by atoms with E-state index < -0.39 is 34.2 Å². The fourth-order valence-electron chi connectivity index (χ4n) is 3.83. The smallest absolute Gasteiger partial charge is 0.282 e. The minimum atomic E-state index is -0.803. The molecule has 1 aliphatic carbocycles. The number of aryl methyl sites for hydroxylation is 1. The van der Waals surface area contributed by atoms with Gasteiger partial charge < -0.3 is 11.1 Å². The van der Waals surface area contributed by atoms with E-state index in [1.54, 1.807) is 0 Å². The molecule has 1 aromatic carbocycles. The lowest BCUT2D eigenvalue weighted by atomic mass is 10.1. The zero-order chi connectivity index (χ0) is 21.6. The second-order valence-electron chi connectivity index (χ2n) is 6.94. The highest BCUT2D eigenvalue weighted by molar-refractivity contribution is 7.17. The van der Waals surface area contributed by atoms with E-state index in [-0.39, 0.29) is 24.1 Å². The summed E-state index contributed by atoms with van der Waals surface area (Å²) in [6.07, 6.45) is 2.26. The number of benzene rings is 1. The van der Waals surface area contributed by atoms with Crippen LogP contribution in [-0.4, -0.2) is 40.0 Å². The van der Waals surface area contributed by atoms with Crippen LogP contribution in [-0.2, 0) is 17.6 Å². The number of carbonyl (C=O) groups excluding carboxylic acids is 4. The quantitative estimate of drug-likeness (QED) is 0.407. The number of primary amides is 1. The number of carbonyl (C=O) groups is 4. The molecule has 4 amide bonds. The van der Waals surface area contributed by atoms with Crippen molar-refractivity contribution >= 4 is 45.7 Å². The van der Waals surface area contributed by atoms with Crippen molar-refractivity contribution in [3.05, 3.63) is 55.4 Å². The first-order valence-electron chi connectivity index (χ1n) is 9.17. The van der Waals surface area contributed by atoms with Gasteiger partial charge in [0, 0.05) is 23.9 Å². The molecule has 0 bridgehead atoms. The Morgan fingerprint density at radius 2 is 2.00 bits per heavy atom. The number of nitrogens with one attached hydrogen (secondary N) is 1. The number of rotatable bonds is 6. The van der Waals surface area contributed by atoms with Crippen molar-refractivity contribution in [3.8, 4) is 0 Å². The van der Waals surface area contributed by atoms with Gasteiger partial charge in [-0.25, -0.2) is 0 Å². The predicted octanol–water partition coefficient (Wildman–Crippen LogP) is 1.87. The fraction of sp³-hybridized carbons (Fsp3) is 0.263. The average molecular weight is 428 g/mol. The Hall–Kier alpha value is -3.60. The van der Waals surface area contributed by atoms with Crippen LogP contribution in [0.5, 0.6) is 0 Å². The summed E-state index contributed by atoms with van der Waals surface area (Å²) in [5.41, 5.74) is 5.89. The molecule has 0 spiro atoms. The molecule has 0 radical (unpaired) electrons. The van der Waals surface area contributed by atoms with Gasteiger partial charge >= 0.3 is 0 Å². The Morgan fingerprint density at radius 1 is 1.23 bits per heavy atom. The molecule has 0 saturated heterocycles. The maximum atomic E-state index is 12.6. The molecule has 2 aliphatic rings. The number of hydrogen-bond acceptors (Lipinski definition) is 7. The van der Waals surface area contributed by atoms with Crippen LogP contribution in [0.2, 0.25) is 0 Å². The summed E-state index contributed by atoms with van der Waals surface area (Å²) in [5, 5.41) is 14.2. The first-order chi connectivity index (χ1) is 14.3. The molecule has 30 heavy (non-hydrogen) atoms. The molecule has 0 fully saturated rings. The van der Waals surface area contributed by atoms with E-state index in [2.05, 4.69) is 5.32 Å². The summed E-state index contributed by atoms with van der Waals surface area (Å²) < 4.78 is 0. The first kappa shape index (κ1) is 19.7. The molecular formula is C19H16N4O6S. The highest BCUT2D eigenvalue weighted by atomic mass is 32.1. The third kappa shape index (κ3) is 3.12. The van der Waals surface area contributed by atoms with Crippen LogP contribution < -0.4 is 11.1 Å². The van der Waals surface area contributed by atoms with Crippen LogP contribution in [0.1, 0.15) is 54.4 Å². The molecule has 2 aromatic rings. The number of nitrogens with zero attached hydrogens (tertiary/aromatic N) is 2. The maximum Gasteiger partial charge on any atom is 0.282 e. The molecular weight excluding hydrogens is 412 g/mol. The van der Waals surface area contributed by atoms with E-state index in [9.17, 15) is 29.3 Å². The fourth-order valence-corrected chi connectivity index (χ4v) is 5.14. The number of amides is 4. The standard InChI is InChI=1S/C19H16N4O6S/c20-16(25)15-9-3-2-6-12(9)30-17(15)21-13(24)7-8-22-18(26)10-4-1-5-11(23(28)29)14(10)19(22)27/h1,4-5H,2-3,6-8H2,(H2,20,25)(H,21,24). The van der Waals surface area contributed by atoms with Gasteiger partial charge in [-0.15, -0.1) is 11.3 Å². The van der Waals surface area contributed by atoms with E-state index >= 15 is 0 Å². The number of thiophene rings is 1. The molecule has 3 N–H and O–H groups in total. The van der Waals surface area contributed by atoms with Gasteiger partial charge in [-0.1, -0.05) is 6.07 Å². The first-order valence-corrected chi connectivity index (χ1v) is 9.99. The lowest BCUT2D eigenvalue weighted by Gasteiger charge is -2.13. The van der Waals surface area contributed by atoms with Crippen LogP contribution in [0, 0.1) is 10.1 Å².